The third-order valence-electron chi connectivity index (χ3n) is 2.65. The van der Waals surface area contributed by atoms with Gasteiger partial charge < -0.3 is 10.1 Å². The maximum Gasteiger partial charge on any atom is 0.181 e. The van der Waals surface area contributed by atoms with Crippen LogP contribution in [0.3, 0.4) is 0 Å². The molecule has 4 heteroatoms. The van der Waals surface area contributed by atoms with Crippen LogP contribution in [-0.2, 0) is 6.54 Å². The summed E-state index contributed by atoms with van der Waals surface area (Å²) in [6.07, 6.45) is 2.16. The molecule has 1 atom stereocenters. The van der Waals surface area contributed by atoms with Gasteiger partial charge in [0.1, 0.15) is 11.8 Å². The number of ether oxygens (including phenoxy) is 1. The van der Waals surface area contributed by atoms with E-state index in [4.69, 9.17) is 10.00 Å². The van der Waals surface area contributed by atoms with Crippen molar-refractivity contribution in [1.82, 2.24) is 5.32 Å². The summed E-state index contributed by atoms with van der Waals surface area (Å²) in [6.45, 7) is 2.62. The number of nitriles is 1. The highest BCUT2D eigenvalue weighted by molar-refractivity contribution is 9.10. The summed E-state index contributed by atoms with van der Waals surface area (Å²) in [5.41, 5.74) is 1.22. The summed E-state index contributed by atoms with van der Waals surface area (Å²) in [7, 11) is 0. The van der Waals surface area contributed by atoms with Gasteiger partial charge in [-0.25, -0.2) is 0 Å². The number of rotatable bonds is 5. The van der Waals surface area contributed by atoms with Crippen LogP contribution in [0.4, 0.5) is 0 Å². The summed E-state index contributed by atoms with van der Waals surface area (Å²) in [5.74, 6) is 0.717. The normalized spacial score (nSPS) is 16.3. The zero-order chi connectivity index (χ0) is 12.3. The van der Waals surface area contributed by atoms with Crippen LogP contribution in [-0.4, -0.2) is 12.1 Å². The fourth-order valence-corrected chi connectivity index (χ4v) is 2.04. The van der Waals surface area contributed by atoms with Crippen LogP contribution in [0.15, 0.2) is 22.7 Å². The van der Waals surface area contributed by atoms with Gasteiger partial charge in [0.05, 0.1) is 4.47 Å². The molecule has 1 fully saturated rings. The standard InChI is InChI=1S/C13H15BrN2O/c1-9(7-15)17-13-5-2-10(6-12(13)14)8-16-11-3-4-11/h2,5-6,9,11,16H,3-4,8H2,1H3. The Morgan fingerprint density at radius 1 is 1.59 bits per heavy atom. The summed E-state index contributed by atoms with van der Waals surface area (Å²) in [5, 5.41) is 12.2. The van der Waals surface area contributed by atoms with Crippen molar-refractivity contribution in [3.8, 4) is 11.8 Å². The van der Waals surface area contributed by atoms with E-state index in [1.165, 1.54) is 18.4 Å². The molecule has 1 saturated carbocycles. The second-order valence-corrected chi connectivity index (χ2v) is 5.16. The summed E-state index contributed by atoms with van der Waals surface area (Å²) < 4.78 is 6.36. The van der Waals surface area contributed by atoms with Gasteiger partial charge in [-0.1, -0.05) is 6.07 Å². The van der Waals surface area contributed by atoms with E-state index in [-0.39, 0.29) is 0 Å². The van der Waals surface area contributed by atoms with Crippen molar-refractivity contribution in [2.75, 3.05) is 0 Å². The SMILES string of the molecule is CC(C#N)Oc1ccc(CNC2CC2)cc1Br. The largest absolute Gasteiger partial charge is 0.475 e. The van der Waals surface area contributed by atoms with Crippen LogP contribution >= 0.6 is 15.9 Å². The van der Waals surface area contributed by atoms with E-state index in [0.717, 1.165) is 11.0 Å². The molecule has 1 aliphatic carbocycles. The molecule has 0 radical (unpaired) electrons. The van der Waals surface area contributed by atoms with Crippen molar-refractivity contribution in [2.24, 2.45) is 0 Å². The lowest BCUT2D eigenvalue weighted by Gasteiger charge is -2.11. The molecule has 0 aliphatic heterocycles. The van der Waals surface area contributed by atoms with Crippen molar-refractivity contribution < 1.29 is 4.74 Å². The zero-order valence-corrected chi connectivity index (χ0v) is 11.3. The lowest BCUT2D eigenvalue weighted by molar-refractivity contribution is 0.274. The first kappa shape index (κ1) is 12.4. The van der Waals surface area contributed by atoms with Gasteiger partial charge in [0.15, 0.2) is 6.10 Å². The molecular formula is C13H15BrN2O. The van der Waals surface area contributed by atoms with Crippen molar-refractivity contribution in [3.05, 3.63) is 28.2 Å². The van der Waals surface area contributed by atoms with Gasteiger partial charge in [0.25, 0.3) is 0 Å². The minimum absolute atomic E-state index is 0.429. The van der Waals surface area contributed by atoms with Crippen molar-refractivity contribution in [3.63, 3.8) is 0 Å². The highest BCUT2D eigenvalue weighted by Gasteiger charge is 2.20. The number of nitrogens with zero attached hydrogens (tertiary/aromatic N) is 1. The van der Waals surface area contributed by atoms with Gasteiger partial charge in [-0.15, -0.1) is 0 Å². The zero-order valence-electron chi connectivity index (χ0n) is 9.74. The third-order valence-corrected chi connectivity index (χ3v) is 3.27. The maximum atomic E-state index is 8.69. The quantitative estimate of drug-likeness (QED) is 0.908. The average molecular weight is 295 g/mol. The van der Waals surface area contributed by atoms with E-state index >= 15 is 0 Å². The Hall–Kier alpha value is -1.05. The van der Waals surface area contributed by atoms with Crippen molar-refractivity contribution in [1.29, 1.82) is 5.26 Å². The molecule has 3 nitrogen and oxygen atoms in total. The molecule has 1 N–H and O–H groups in total. The molecule has 2 rings (SSSR count). The van der Waals surface area contributed by atoms with Crippen LogP contribution in [0.2, 0.25) is 0 Å². The Morgan fingerprint density at radius 3 is 2.94 bits per heavy atom. The van der Waals surface area contributed by atoms with Gasteiger partial charge in [-0.3, -0.25) is 0 Å². The van der Waals surface area contributed by atoms with Crippen LogP contribution in [0.25, 0.3) is 0 Å². The highest BCUT2D eigenvalue weighted by Crippen LogP contribution is 2.27. The fraction of sp³-hybridized carbons (Fsp3) is 0.462. The van der Waals surface area contributed by atoms with Crippen LogP contribution < -0.4 is 10.1 Å². The highest BCUT2D eigenvalue weighted by atomic mass is 79.9. The van der Waals surface area contributed by atoms with E-state index in [9.17, 15) is 0 Å². The number of hydrogen-bond acceptors (Lipinski definition) is 3. The molecule has 0 spiro atoms. The van der Waals surface area contributed by atoms with Crippen LogP contribution in [0.5, 0.6) is 5.75 Å². The molecule has 1 unspecified atom stereocenters. The molecule has 0 aromatic heterocycles. The first-order valence-electron chi connectivity index (χ1n) is 5.77. The first-order chi connectivity index (χ1) is 8.19. The molecule has 17 heavy (non-hydrogen) atoms. The minimum atomic E-state index is -0.429. The molecule has 1 aromatic rings. The molecule has 0 saturated heterocycles. The molecule has 0 heterocycles. The van der Waals surface area contributed by atoms with Gasteiger partial charge in [-0.05, 0) is 53.4 Å². The van der Waals surface area contributed by atoms with Gasteiger partial charge in [0, 0.05) is 12.6 Å². The number of hydrogen-bond donors (Lipinski definition) is 1. The molecule has 1 aromatic carbocycles. The van der Waals surface area contributed by atoms with Gasteiger partial charge in [-0.2, -0.15) is 5.26 Å². The second-order valence-electron chi connectivity index (χ2n) is 4.31. The van der Waals surface area contributed by atoms with Crippen molar-refractivity contribution in [2.45, 2.75) is 38.5 Å². The lowest BCUT2D eigenvalue weighted by Crippen LogP contribution is -2.15. The number of nitrogens with one attached hydrogen (secondary N) is 1. The Kier molecular flexibility index (Phi) is 4.03. The second kappa shape index (κ2) is 5.52. The number of halogens is 1. The predicted molar refractivity (Wildman–Crippen MR) is 69.7 cm³/mol. The lowest BCUT2D eigenvalue weighted by atomic mass is 10.2. The van der Waals surface area contributed by atoms with Crippen LogP contribution in [0, 0.1) is 11.3 Å². The van der Waals surface area contributed by atoms with E-state index in [1.54, 1.807) is 6.92 Å². The summed E-state index contributed by atoms with van der Waals surface area (Å²) in [6, 6.07) is 8.73. The van der Waals surface area contributed by atoms with Crippen LogP contribution in [0.1, 0.15) is 25.3 Å². The van der Waals surface area contributed by atoms with E-state index in [2.05, 4.69) is 21.2 Å². The minimum Gasteiger partial charge on any atom is -0.475 e. The van der Waals surface area contributed by atoms with Crippen molar-refractivity contribution >= 4 is 15.9 Å². The Balaban J connectivity index is 1.97. The smallest absolute Gasteiger partial charge is 0.181 e. The Morgan fingerprint density at radius 2 is 2.35 bits per heavy atom. The Labute approximate surface area is 110 Å². The number of benzene rings is 1. The average Bonchev–Trinajstić information content (AvgIpc) is 3.13. The molecule has 0 amide bonds. The monoisotopic (exact) mass is 294 g/mol. The molecule has 90 valence electrons. The van der Waals surface area contributed by atoms with Gasteiger partial charge in [0.2, 0.25) is 0 Å². The fourth-order valence-electron chi connectivity index (χ4n) is 1.52. The van der Waals surface area contributed by atoms with E-state index in [0.29, 0.717) is 11.8 Å². The third kappa shape index (κ3) is 3.72. The summed E-state index contributed by atoms with van der Waals surface area (Å²) >= 11 is 3.47. The Bertz CT molecular complexity index is 438. The molecular weight excluding hydrogens is 280 g/mol. The van der Waals surface area contributed by atoms with E-state index < -0.39 is 6.10 Å². The predicted octanol–water partition coefficient (Wildman–Crippen LogP) is 2.99. The molecule has 0 bridgehead atoms. The summed E-state index contributed by atoms with van der Waals surface area (Å²) in [4.78, 5) is 0. The topological polar surface area (TPSA) is 45.0 Å². The molecule has 1 aliphatic rings. The first-order valence-corrected chi connectivity index (χ1v) is 6.56. The maximum absolute atomic E-state index is 8.69. The van der Waals surface area contributed by atoms with Gasteiger partial charge >= 0.3 is 0 Å². The van der Waals surface area contributed by atoms with E-state index in [1.807, 2.05) is 24.3 Å².